The molecule has 0 unspecified atom stereocenters. The van der Waals surface area contributed by atoms with Crippen molar-refractivity contribution in [3.8, 4) is 11.1 Å². The molecule has 5 rings (SSSR count). The highest BCUT2D eigenvalue weighted by atomic mass is 16.5. The highest BCUT2D eigenvalue weighted by molar-refractivity contribution is 5.87. The Morgan fingerprint density at radius 1 is 0.692 bits per heavy atom. The second kappa shape index (κ2) is 11.3. The van der Waals surface area contributed by atoms with Gasteiger partial charge in [-0.15, -0.1) is 0 Å². The van der Waals surface area contributed by atoms with Gasteiger partial charge in [0.2, 0.25) is 0 Å². The van der Waals surface area contributed by atoms with Crippen molar-refractivity contribution in [1.29, 1.82) is 0 Å². The molecule has 198 valence electrons. The number of rotatable bonds is 9. The Labute approximate surface area is 230 Å². The van der Waals surface area contributed by atoms with E-state index < -0.39 is 29.4 Å². The number of nitrogens with zero attached hydrogens (tertiary/aromatic N) is 1. The molecule has 39 heavy (non-hydrogen) atoms. The van der Waals surface area contributed by atoms with Crippen LogP contribution in [0.3, 0.4) is 0 Å². The van der Waals surface area contributed by atoms with Crippen molar-refractivity contribution in [2.45, 2.75) is 31.5 Å². The van der Waals surface area contributed by atoms with Crippen molar-refractivity contribution in [3.63, 3.8) is 0 Å². The lowest BCUT2D eigenvalue weighted by Gasteiger charge is -2.48. The smallest absolute Gasteiger partial charge is 0.324 e. The zero-order valence-corrected chi connectivity index (χ0v) is 22.5. The minimum absolute atomic E-state index is 0.395. The fraction of sp³-hybridized carbons (Fsp3) is 0.235. The summed E-state index contributed by atoms with van der Waals surface area (Å²) in [6, 6.07) is 36.0. The topological polar surface area (TPSA) is 55.8 Å². The summed E-state index contributed by atoms with van der Waals surface area (Å²) in [7, 11) is 2.75. The van der Waals surface area contributed by atoms with Crippen molar-refractivity contribution in [2.75, 3.05) is 14.2 Å². The van der Waals surface area contributed by atoms with E-state index in [4.69, 9.17) is 9.47 Å². The van der Waals surface area contributed by atoms with Crippen LogP contribution in [0.1, 0.15) is 35.6 Å². The molecule has 0 saturated heterocycles. The van der Waals surface area contributed by atoms with E-state index >= 15 is 0 Å². The fourth-order valence-electron chi connectivity index (χ4n) is 6.18. The number of carbonyl (C=O) groups is 2. The molecule has 0 amide bonds. The quantitative estimate of drug-likeness (QED) is 0.246. The molecule has 5 nitrogen and oxygen atoms in total. The molecule has 4 aromatic rings. The average Bonchev–Trinajstić information content (AvgIpc) is 3.30. The van der Waals surface area contributed by atoms with Crippen LogP contribution in [-0.4, -0.2) is 37.1 Å². The van der Waals surface area contributed by atoms with Crippen LogP contribution in [0, 0.1) is 5.92 Å². The van der Waals surface area contributed by atoms with Gasteiger partial charge in [0.1, 0.15) is 6.04 Å². The van der Waals surface area contributed by atoms with Gasteiger partial charge in [-0.3, -0.25) is 14.5 Å². The third-order valence-corrected chi connectivity index (χ3v) is 7.85. The second-order valence-corrected chi connectivity index (χ2v) is 9.79. The van der Waals surface area contributed by atoms with Gasteiger partial charge in [-0.05, 0) is 39.8 Å². The van der Waals surface area contributed by atoms with Crippen molar-refractivity contribution in [1.82, 2.24) is 4.90 Å². The van der Waals surface area contributed by atoms with E-state index in [9.17, 15) is 9.59 Å². The van der Waals surface area contributed by atoms with Gasteiger partial charge in [0.05, 0.1) is 25.7 Å². The molecular formula is C34H33NO4. The number of fused-ring (bicyclic) bond motifs is 3. The molecule has 0 aromatic heterocycles. The molecule has 0 N–H and O–H groups in total. The maximum Gasteiger partial charge on any atom is 0.324 e. The lowest BCUT2D eigenvalue weighted by Crippen LogP contribution is -2.58. The summed E-state index contributed by atoms with van der Waals surface area (Å²) in [5, 5.41) is 0. The average molecular weight is 520 g/mol. The summed E-state index contributed by atoms with van der Waals surface area (Å²) in [5.74, 6) is -1.65. The van der Waals surface area contributed by atoms with Gasteiger partial charge in [0.25, 0.3) is 0 Å². The van der Waals surface area contributed by atoms with Crippen LogP contribution in [-0.2, 0) is 31.1 Å². The van der Waals surface area contributed by atoms with E-state index in [0.717, 1.165) is 33.4 Å². The monoisotopic (exact) mass is 519 g/mol. The molecule has 0 saturated carbocycles. The third-order valence-electron chi connectivity index (χ3n) is 7.85. The van der Waals surface area contributed by atoms with Crippen LogP contribution in [0.25, 0.3) is 11.1 Å². The zero-order chi connectivity index (χ0) is 27.4. The second-order valence-electron chi connectivity index (χ2n) is 9.79. The number of hydrogen-bond donors (Lipinski definition) is 0. The first-order valence-electron chi connectivity index (χ1n) is 13.3. The highest BCUT2D eigenvalue weighted by Crippen LogP contribution is 2.55. The predicted molar refractivity (Wildman–Crippen MR) is 152 cm³/mol. The van der Waals surface area contributed by atoms with Crippen molar-refractivity contribution in [3.05, 3.63) is 131 Å². The van der Waals surface area contributed by atoms with E-state index in [-0.39, 0.29) is 0 Å². The van der Waals surface area contributed by atoms with E-state index in [1.807, 2.05) is 79.7 Å². The Kier molecular flexibility index (Phi) is 7.62. The summed E-state index contributed by atoms with van der Waals surface area (Å²) in [6.07, 6.45) is 0.409. The summed E-state index contributed by atoms with van der Waals surface area (Å²) in [6.45, 7) is 2.30. The van der Waals surface area contributed by atoms with Crippen molar-refractivity contribution >= 4 is 11.9 Å². The molecule has 0 fully saturated rings. The van der Waals surface area contributed by atoms with Gasteiger partial charge < -0.3 is 9.47 Å². The van der Waals surface area contributed by atoms with Crippen LogP contribution < -0.4 is 0 Å². The molecule has 4 aromatic carbocycles. The first-order chi connectivity index (χ1) is 19.1. The highest BCUT2D eigenvalue weighted by Gasteiger charge is 2.54. The first kappa shape index (κ1) is 26.4. The maximum absolute atomic E-state index is 13.8. The summed E-state index contributed by atoms with van der Waals surface area (Å²) >= 11 is 0. The lowest BCUT2D eigenvalue weighted by atomic mass is 9.76. The fourth-order valence-corrected chi connectivity index (χ4v) is 6.18. The van der Waals surface area contributed by atoms with E-state index in [2.05, 4.69) is 41.3 Å². The number of carbonyl (C=O) groups excluding carboxylic acids is 2. The predicted octanol–water partition coefficient (Wildman–Crippen LogP) is 6.20. The minimum Gasteiger partial charge on any atom is -0.469 e. The summed E-state index contributed by atoms with van der Waals surface area (Å²) < 4.78 is 10.7. The maximum atomic E-state index is 13.8. The van der Waals surface area contributed by atoms with Crippen molar-refractivity contribution < 1.29 is 19.1 Å². The number of esters is 2. The zero-order valence-electron chi connectivity index (χ0n) is 22.5. The molecular weight excluding hydrogens is 486 g/mol. The van der Waals surface area contributed by atoms with E-state index in [0.29, 0.717) is 13.0 Å². The van der Waals surface area contributed by atoms with Crippen LogP contribution in [0.4, 0.5) is 0 Å². The largest absolute Gasteiger partial charge is 0.469 e. The van der Waals surface area contributed by atoms with Gasteiger partial charge in [-0.2, -0.15) is 0 Å². The normalized spacial score (nSPS) is 14.7. The molecule has 0 radical (unpaired) electrons. The Hall–Kier alpha value is -4.22. The Morgan fingerprint density at radius 3 is 1.69 bits per heavy atom. The summed E-state index contributed by atoms with van der Waals surface area (Å²) in [5.41, 5.74) is 5.46. The Morgan fingerprint density at radius 2 is 1.18 bits per heavy atom. The molecule has 0 bridgehead atoms. The molecule has 1 aliphatic rings. The van der Waals surface area contributed by atoms with Gasteiger partial charge in [0.15, 0.2) is 0 Å². The van der Waals surface area contributed by atoms with E-state index in [1.54, 1.807) is 0 Å². The number of ether oxygens (including phenoxy) is 2. The SMILES string of the molecule is CC[C@@H](C(=O)OC)[C@@H](C(=O)OC)N(Cc1ccccc1)C1(c2ccccc2)c2ccccc2-c2ccccc21. The van der Waals surface area contributed by atoms with Gasteiger partial charge in [0, 0.05) is 6.54 Å². The van der Waals surface area contributed by atoms with Crippen LogP contribution >= 0.6 is 0 Å². The molecule has 5 heteroatoms. The van der Waals surface area contributed by atoms with Crippen LogP contribution in [0.5, 0.6) is 0 Å². The first-order valence-corrected chi connectivity index (χ1v) is 13.3. The Bertz CT molecular complexity index is 1410. The summed E-state index contributed by atoms with van der Waals surface area (Å²) in [4.78, 5) is 29.3. The van der Waals surface area contributed by atoms with Gasteiger partial charge in [-0.25, -0.2) is 0 Å². The van der Waals surface area contributed by atoms with E-state index in [1.165, 1.54) is 14.2 Å². The number of benzene rings is 4. The van der Waals surface area contributed by atoms with Crippen LogP contribution in [0.15, 0.2) is 109 Å². The minimum atomic E-state index is -0.924. The number of methoxy groups -OCH3 is 2. The number of hydrogen-bond acceptors (Lipinski definition) is 5. The lowest BCUT2D eigenvalue weighted by molar-refractivity contribution is -0.162. The van der Waals surface area contributed by atoms with Gasteiger partial charge in [-0.1, -0.05) is 116 Å². The Balaban J connectivity index is 1.90. The molecule has 1 aliphatic carbocycles. The standard InChI is InChI=1S/C34H33NO4/c1-4-26(32(36)38-2)31(33(37)39-3)35(23-24-15-7-5-8-16-24)34(25-17-9-6-10-18-25)29-21-13-11-19-27(29)28-20-12-14-22-30(28)34/h5-22,26,31H,4,23H2,1-3H3/t26-,31+/m1/s1. The van der Waals surface area contributed by atoms with Crippen molar-refractivity contribution in [2.24, 2.45) is 5.92 Å². The van der Waals surface area contributed by atoms with Crippen LogP contribution in [0.2, 0.25) is 0 Å². The van der Waals surface area contributed by atoms with Gasteiger partial charge >= 0.3 is 11.9 Å². The third kappa shape index (κ3) is 4.43. The molecule has 0 aliphatic heterocycles. The molecule has 2 atom stereocenters. The molecule has 0 spiro atoms. The molecule has 0 heterocycles.